The van der Waals surface area contributed by atoms with Gasteiger partial charge in [-0.2, -0.15) is 0 Å². The normalized spacial score (nSPS) is 38.8. The van der Waals surface area contributed by atoms with Gasteiger partial charge in [-0.15, -0.1) is 0 Å². The van der Waals surface area contributed by atoms with E-state index in [1.165, 1.54) is 25.7 Å². The molecule has 4 atom stereocenters. The summed E-state index contributed by atoms with van der Waals surface area (Å²) in [5.41, 5.74) is 2.66. The molecule has 1 nitrogen and oxygen atoms in total. The highest BCUT2D eigenvalue weighted by Crippen LogP contribution is 2.45. The highest BCUT2D eigenvalue weighted by atomic mass is 16.3. The zero-order valence-corrected chi connectivity index (χ0v) is 10.6. The van der Waals surface area contributed by atoms with Gasteiger partial charge in [0.2, 0.25) is 0 Å². The molecule has 0 aromatic heterocycles. The van der Waals surface area contributed by atoms with Crippen LogP contribution in [0.2, 0.25) is 0 Å². The molecule has 90 valence electrons. The fourth-order valence-corrected chi connectivity index (χ4v) is 3.43. The second kappa shape index (κ2) is 4.75. The van der Waals surface area contributed by atoms with Crippen LogP contribution in [0, 0.1) is 23.7 Å². The predicted octanol–water partition coefficient (Wildman–Crippen LogP) is 3.55. The minimum absolute atomic E-state index is 0.141. The molecule has 1 saturated carbocycles. The molecule has 0 radical (unpaired) electrons. The van der Waals surface area contributed by atoms with Gasteiger partial charge in [-0.3, -0.25) is 0 Å². The molecule has 0 heterocycles. The Bertz CT molecular complexity index is 303. The highest BCUT2D eigenvalue weighted by molar-refractivity contribution is 5.23. The molecule has 2 rings (SSSR count). The monoisotopic (exact) mass is 220 g/mol. The minimum atomic E-state index is 0.141. The number of hydrogen-bond donors (Lipinski definition) is 1. The number of aliphatic hydroxyl groups excluding tert-OH is 1. The largest absolute Gasteiger partial charge is 0.392 e. The van der Waals surface area contributed by atoms with E-state index in [9.17, 15) is 5.11 Å². The van der Waals surface area contributed by atoms with Gasteiger partial charge in [0.25, 0.3) is 0 Å². The second-order valence-electron chi connectivity index (χ2n) is 5.73. The summed E-state index contributed by atoms with van der Waals surface area (Å²) < 4.78 is 0. The van der Waals surface area contributed by atoms with Crippen LogP contribution in [0.4, 0.5) is 0 Å². The quantitative estimate of drug-likeness (QED) is 0.706. The van der Waals surface area contributed by atoms with E-state index >= 15 is 0 Å². The molecule has 0 bridgehead atoms. The third kappa shape index (κ3) is 2.10. The summed E-state index contributed by atoms with van der Waals surface area (Å²) in [6.45, 7) is 8.89. The summed E-state index contributed by atoms with van der Waals surface area (Å²) in [6.07, 6.45) is 7.60. The average molecular weight is 220 g/mol. The fraction of sp³-hybridized carbons (Fsp3) is 0.733. The van der Waals surface area contributed by atoms with Gasteiger partial charge in [0.15, 0.2) is 0 Å². The van der Waals surface area contributed by atoms with Gasteiger partial charge in [0.05, 0.1) is 6.61 Å². The van der Waals surface area contributed by atoms with E-state index in [-0.39, 0.29) is 6.61 Å². The Hall–Kier alpha value is -0.560. The van der Waals surface area contributed by atoms with E-state index in [1.807, 2.05) is 0 Å². The van der Waals surface area contributed by atoms with E-state index in [0.29, 0.717) is 5.92 Å². The molecule has 1 heteroatoms. The first-order valence-corrected chi connectivity index (χ1v) is 6.63. The SMILES string of the molecule is C=C(CO)C1C=C2C(C)CCC2C(C)CC1. The van der Waals surface area contributed by atoms with Crippen molar-refractivity contribution in [3.05, 3.63) is 23.8 Å². The Morgan fingerprint density at radius 3 is 2.75 bits per heavy atom. The van der Waals surface area contributed by atoms with Crippen molar-refractivity contribution in [3.63, 3.8) is 0 Å². The van der Waals surface area contributed by atoms with Crippen LogP contribution in [0.3, 0.4) is 0 Å². The fourth-order valence-electron chi connectivity index (χ4n) is 3.43. The third-order valence-corrected chi connectivity index (χ3v) is 4.65. The lowest BCUT2D eigenvalue weighted by molar-refractivity contribution is 0.314. The van der Waals surface area contributed by atoms with Crippen molar-refractivity contribution in [2.75, 3.05) is 6.61 Å². The van der Waals surface area contributed by atoms with Crippen LogP contribution < -0.4 is 0 Å². The van der Waals surface area contributed by atoms with Gasteiger partial charge in [0.1, 0.15) is 0 Å². The van der Waals surface area contributed by atoms with E-state index in [1.54, 1.807) is 5.57 Å². The zero-order chi connectivity index (χ0) is 11.7. The van der Waals surface area contributed by atoms with Crippen LogP contribution >= 0.6 is 0 Å². The van der Waals surface area contributed by atoms with Crippen LogP contribution in [0.5, 0.6) is 0 Å². The molecule has 0 aliphatic heterocycles. The maximum absolute atomic E-state index is 9.22. The molecule has 0 aromatic carbocycles. The van der Waals surface area contributed by atoms with Crippen LogP contribution in [0.15, 0.2) is 23.8 Å². The number of allylic oxidation sites excluding steroid dienone is 2. The molecule has 0 saturated heterocycles. The van der Waals surface area contributed by atoms with Gasteiger partial charge >= 0.3 is 0 Å². The summed E-state index contributed by atoms with van der Waals surface area (Å²) in [5.74, 6) is 2.80. The molecule has 4 unspecified atom stereocenters. The first kappa shape index (κ1) is 11.9. The molecule has 0 spiro atoms. The van der Waals surface area contributed by atoms with Crippen molar-refractivity contribution in [1.82, 2.24) is 0 Å². The van der Waals surface area contributed by atoms with Crippen molar-refractivity contribution < 1.29 is 5.11 Å². The Kier molecular flexibility index (Phi) is 3.53. The van der Waals surface area contributed by atoms with E-state index in [0.717, 1.165) is 23.3 Å². The van der Waals surface area contributed by atoms with Crippen molar-refractivity contribution in [2.24, 2.45) is 23.7 Å². The summed E-state index contributed by atoms with van der Waals surface area (Å²) in [7, 11) is 0. The Morgan fingerprint density at radius 1 is 1.31 bits per heavy atom. The summed E-state index contributed by atoms with van der Waals surface area (Å²) >= 11 is 0. The first-order chi connectivity index (χ1) is 7.63. The van der Waals surface area contributed by atoms with Gasteiger partial charge in [-0.05, 0) is 54.9 Å². The standard InChI is InChI=1S/C15H24O/c1-10-4-6-13(12(3)9-16)8-15-11(2)5-7-14(10)15/h8,10-11,13-14,16H,3-7,9H2,1-2H3. The molecule has 2 aliphatic carbocycles. The molecular weight excluding hydrogens is 196 g/mol. The second-order valence-corrected chi connectivity index (χ2v) is 5.73. The number of hydrogen-bond acceptors (Lipinski definition) is 1. The lowest BCUT2D eigenvalue weighted by Crippen LogP contribution is -2.09. The predicted molar refractivity (Wildman–Crippen MR) is 68.1 cm³/mol. The molecule has 1 fully saturated rings. The smallest absolute Gasteiger partial charge is 0.0644 e. The van der Waals surface area contributed by atoms with E-state index in [4.69, 9.17) is 0 Å². The maximum atomic E-state index is 9.22. The number of aliphatic hydroxyl groups is 1. The first-order valence-electron chi connectivity index (χ1n) is 6.63. The van der Waals surface area contributed by atoms with E-state index < -0.39 is 0 Å². The third-order valence-electron chi connectivity index (χ3n) is 4.65. The summed E-state index contributed by atoms with van der Waals surface area (Å²) in [4.78, 5) is 0. The summed E-state index contributed by atoms with van der Waals surface area (Å²) in [5, 5.41) is 9.22. The molecule has 16 heavy (non-hydrogen) atoms. The van der Waals surface area contributed by atoms with Crippen molar-refractivity contribution in [1.29, 1.82) is 0 Å². The maximum Gasteiger partial charge on any atom is 0.0644 e. The van der Waals surface area contributed by atoms with Crippen LogP contribution in [0.1, 0.15) is 39.5 Å². The molecule has 2 aliphatic rings. The summed E-state index contributed by atoms with van der Waals surface area (Å²) in [6, 6.07) is 0. The molecule has 1 N–H and O–H groups in total. The number of fused-ring (bicyclic) bond motifs is 1. The van der Waals surface area contributed by atoms with Gasteiger partial charge < -0.3 is 5.11 Å². The topological polar surface area (TPSA) is 20.2 Å². The van der Waals surface area contributed by atoms with Crippen molar-refractivity contribution in [3.8, 4) is 0 Å². The van der Waals surface area contributed by atoms with Crippen LogP contribution in [-0.4, -0.2) is 11.7 Å². The van der Waals surface area contributed by atoms with Gasteiger partial charge in [-0.25, -0.2) is 0 Å². The van der Waals surface area contributed by atoms with E-state index in [2.05, 4.69) is 26.5 Å². The Morgan fingerprint density at radius 2 is 2.06 bits per heavy atom. The Balaban J connectivity index is 2.24. The Labute approximate surface area is 99.3 Å². The van der Waals surface area contributed by atoms with Gasteiger partial charge in [0, 0.05) is 0 Å². The van der Waals surface area contributed by atoms with Gasteiger partial charge in [-0.1, -0.05) is 32.1 Å². The van der Waals surface area contributed by atoms with Crippen LogP contribution in [0.25, 0.3) is 0 Å². The molecular formula is C15H24O. The van der Waals surface area contributed by atoms with Crippen molar-refractivity contribution in [2.45, 2.75) is 39.5 Å². The zero-order valence-electron chi connectivity index (χ0n) is 10.6. The van der Waals surface area contributed by atoms with Crippen LogP contribution in [-0.2, 0) is 0 Å². The number of rotatable bonds is 2. The molecule has 0 aromatic rings. The molecule has 0 amide bonds. The highest BCUT2D eigenvalue weighted by Gasteiger charge is 2.34. The van der Waals surface area contributed by atoms with Crippen molar-refractivity contribution >= 4 is 0 Å². The lowest BCUT2D eigenvalue weighted by Gasteiger charge is -2.18. The average Bonchev–Trinajstić information content (AvgIpc) is 2.55. The lowest BCUT2D eigenvalue weighted by atomic mass is 9.87. The minimum Gasteiger partial charge on any atom is -0.392 e.